The third-order valence-electron chi connectivity index (χ3n) is 2.41. The number of aromatic amines is 1. The number of aliphatic hydroxyl groups is 1. The Hall–Kier alpha value is -1.32. The highest BCUT2D eigenvalue weighted by Crippen LogP contribution is 2.14. The Labute approximate surface area is 89.1 Å². The van der Waals surface area contributed by atoms with Crippen molar-refractivity contribution in [3.63, 3.8) is 0 Å². The molecule has 0 saturated carbocycles. The molecule has 0 spiro atoms. The van der Waals surface area contributed by atoms with Crippen LogP contribution in [-0.2, 0) is 6.54 Å². The van der Waals surface area contributed by atoms with E-state index in [2.05, 4.69) is 28.5 Å². The first-order chi connectivity index (χ1) is 7.40. The third kappa shape index (κ3) is 2.58. The van der Waals surface area contributed by atoms with E-state index < -0.39 is 0 Å². The van der Waals surface area contributed by atoms with Gasteiger partial charge >= 0.3 is 0 Å². The molecule has 3 nitrogen and oxygen atoms in total. The van der Waals surface area contributed by atoms with Crippen molar-refractivity contribution in [3.05, 3.63) is 36.0 Å². The molecule has 0 bridgehead atoms. The normalized spacial score (nSPS) is 11.0. The maximum atomic E-state index is 8.63. The molecule has 0 fully saturated rings. The van der Waals surface area contributed by atoms with Gasteiger partial charge in [-0.3, -0.25) is 0 Å². The van der Waals surface area contributed by atoms with E-state index in [-0.39, 0.29) is 6.61 Å². The Balaban J connectivity index is 1.97. The van der Waals surface area contributed by atoms with Gasteiger partial charge in [0.25, 0.3) is 0 Å². The average molecular weight is 204 g/mol. The van der Waals surface area contributed by atoms with Gasteiger partial charge in [0.1, 0.15) is 0 Å². The summed E-state index contributed by atoms with van der Waals surface area (Å²) in [6.07, 6.45) is 0.806. The van der Waals surface area contributed by atoms with Gasteiger partial charge < -0.3 is 15.4 Å². The molecule has 0 saturated heterocycles. The van der Waals surface area contributed by atoms with Crippen LogP contribution in [0, 0.1) is 0 Å². The molecule has 1 aromatic carbocycles. The van der Waals surface area contributed by atoms with Gasteiger partial charge in [-0.1, -0.05) is 18.2 Å². The SMILES string of the molecule is OCCCNCc1cc2ccccc2[nH]1. The molecule has 3 N–H and O–H groups in total. The summed E-state index contributed by atoms with van der Waals surface area (Å²) in [5, 5.41) is 13.1. The molecule has 0 unspecified atom stereocenters. The standard InChI is InChI=1S/C12H16N2O/c15-7-3-6-13-9-11-8-10-4-1-2-5-12(10)14-11/h1-2,4-5,8,13-15H,3,6-7,9H2. The summed E-state index contributed by atoms with van der Waals surface area (Å²) in [6, 6.07) is 10.4. The number of rotatable bonds is 5. The fourth-order valence-corrected chi connectivity index (χ4v) is 1.66. The quantitative estimate of drug-likeness (QED) is 0.648. The first-order valence-corrected chi connectivity index (χ1v) is 5.28. The Morgan fingerprint density at radius 1 is 1.27 bits per heavy atom. The summed E-state index contributed by atoms with van der Waals surface area (Å²) in [6.45, 7) is 1.93. The maximum Gasteiger partial charge on any atom is 0.0456 e. The highest BCUT2D eigenvalue weighted by atomic mass is 16.3. The summed E-state index contributed by atoms with van der Waals surface area (Å²) >= 11 is 0. The van der Waals surface area contributed by atoms with E-state index in [9.17, 15) is 0 Å². The number of hydrogen-bond donors (Lipinski definition) is 3. The maximum absolute atomic E-state index is 8.63. The summed E-state index contributed by atoms with van der Waals surface area (Å²) in [7, 11) is 0. The molecule has 15 heavy (non-hydrogen) atoms. The van der Waals surface area contributed by atoms with Crippen molar-refractivity contribution >= 4 is 10.9 Å². The summed E-state index contributed by atoms with van der Waals surface area (Å²) in [5.74, 6) is 0. The van der Waals surface area contributed by atoms with Crippen molar-refractivity contribution in [3.8, 4) is 0 Å². The predicted octanol–water partition coefficient (Wildman–Crippen LogP) is 1.64. The molecule has 80 valence electrons. The molecule has 3 heteroatoms. The molecule has 0 radical (unpaired) electrons. The van der Waals surface area contributed by atoms with Gasteiger partial charge in [-0.15, -0.1) is 0 Å². The molecular weight excluding hydrogens is 188 g/mol. The Morgan fingerprint density at radius 3 is 2.93 bits per heavy atom. The lowest BCUT2D eigenvalue weighted by Crippen LogP contribution is -2.15. The Bertz CT molecular complexity index is 389. The monoisotopic (exact) mass is 204 g/mol. The highest BCUT2D eigenvalue weighted by molar-refractivity contribution is 5.80. The van der Waals surface area contributed by atoms with E-state index in [1.807, 2.05) is 12.1 Å². The molecule has 1 heterocycles. The van der Waals surface area contributed by atoms with E-state index in [1.165, 1.54) is 16.6 Å². The first kappa shape index (κ1) is 10.2. The second-order valence-corrected chi connectivity index (χ2v) is 3.64. The largest absolute Gasteiger partial charge is 0.396 e. The van der Waals surface area contributed by atoms with Crippen LogP contribution in [0.3, 0.4) is 0 Å². The highest BCUT2D eigenvalue weighted by Gasteiger charge is 1.98. The number of para-hydroxylation sites is 1. The zero-order chi connectivity index (χ0) is 10.5. The minimum atomic E-state index is 0.250. The van der Waals surface area contributed by atoms with Gasteiger partial charge in [-0.25, -0.2) is 0 Å². The van der Waals surface area contributed by atoms with Gasteiger partial charge in [-0.2, -0.15) is 0 Å². The molecule has 0 aliphatic rings. The number of hydrogen-bond acceptors (Lipinski definition) is 2. The smallest absolute Gasteiger partial charge is 0.0456 e. The molecule has 1 aromatic heterocycles. The minimum Gasteiger partial charge on any atom is -0.396 e. The van der Waals surface area contributed by atoms with Crippen LogP contribution in [0.5, 0.6) is 0 Å². The lowest BCUT2D eigenvalue weighted by Gasteiger charge is -2.00. The zero-order valence-electron chi connectivity index (χ0n) is 8.66. The van der Waals surface area contributed by atoms with Crippen LogP contribution in [0.1, 0.15) is 12.1 Å². The number of aromatic nitrogens is 1. The number of benzene rings is 1. The van der Waals surface area contributed by atoms with E-state index >= 15 is 0 Å². The van der Waals surface area contributed by atoms with Crippen molar-refractivity contribution in [1.82, 2.24) is 10.3 Å². The number of H-pyrrole nitrogens is 1. The van der Waals surface area contributed by atoms with Crippen LogP contribution >= 0.6 is 0 Å². The molecule has 0 amide bonds. The number of aliphatic hydroxyl groups excluding tert-OH is 1. The van der Waals surface area contributed by atoms with E-state index in [0.717, 1.165) is 19.5 Å². The van der Waals surface area contributed by atoms with Crippen LogP contribution in [0.2, 0.25) is 0 Å². The lowest BCUT2D eigenvalue weighted by molar-refractivity contribution is 0.286. The predicted molar refractivity (Wildman–Crippen MR) is 61.7 cm³/mol. The van der Waals surface area contributed by atoms with Crippen LogP contribution in [0.4, 0.5) is 0 Å². The van der Waals surface area contributed by atoms with E-state index in [4.69, 9.17) is 5.11 Å². The zero-order valence-corrected chi connectivity index (χ0v) is 8.66. The Morgan fingerprint density at radius 2 is 2.13 bits per heavy atom. The van der Waals surface area contributed by atoms with Crippen LogP contribution in [-0.4, -0.2) is 23.2 Å². The molecular formula is C12H16N2O. The number of fused-ring (bicyclic) bond motifs is 1. The van der Waals surface area contributed by atoms with Gasteiger partial charge in [0, 0.05) is 24.4 Å². The summed E-state index contributed by atoms with van der Waals surface area (Å²) in [4.78, 5) is 3.35. The second kappa shape index (κ2) is 4.96. The van der Waals surface area contributed by atoms with Crippen molar-refractivity contribution in [2.45, 2.75) is 13.0 Å². The lowest BCUT2D eigenvalue weighted by atomic mass is 10.2. The topological polar surface area (TPSA) is 48.0 Å². The van der Waals surface area contributed by atoms with Gasteiger partial charge in [-0.05, 0) is 30.5 Å². The van der Waals surface area contributed by atoms with Crippen molar-refractivity contribution in [2.24, 2.45) is 0 Å². The molecule has 2 rings (SSSR count). The summed E-state index contributed by atoms with van der Waals surface area (Å²) in [5.41, 5.74) is 2.37. The molecule has 0 atom stereocenters. The fourth-order valence-electron chi connectivity index (χ4n) is 1.66. The molecule has 2 aromatic rings. The molecule has 0 aliphatic carbocycles. The van der Waals surface area contributed by atoms with Crippen molar-refractivity contribution in [1.29, 1.82) is 0 Å². The average Bonchev–Trinajstić information content (AvgIpc) is 2.67. The van der Waals surface area contributed by atoms with Gasteiger partial charge in [0.15, 0.2) is 0 Å². The number of nitrogens with one attached hydrogen (secondary N) is 2. The van der Waals surface area contributed by atoms with Crippen LogP contribution in [0.15, 0.2) is 30.3 Å². The van der Waals surface area contributed by atoms with E-state index in [0.29, 0.717) is 0 Å². The second-order valence-electron chi connectivity index (χ2n) is 3.64. The van der Waals surface area contributed by atoms with Crippen molar-refractivity contribution < 1.29 is 5.11 Å². The minimum absolute atomic E-state index is 0.250. The first-order valence-electron chi connectivity index (χ1n) is 5.28. The summed E-state index contributed by atoms with van der Waals surface area (Å²) < 4.78 is 0. The van der Waals surface area contributed by atoms with E-state index in [1.54, 1.807) is 0 Å². The van der Waals surface area contributed by atoms with Gasteiger partial charge in [0.2, 0.25) is 0 Å². The molecule has 0 aliphatic heterocycles. The van der Waals surface area contributed by atoms with Crippen LogP contribution in [0.25, 0.3) is 10.9 Å². The fraction of sp³-hybridized carbons (Fsp3) is 0.333. The third-order valence-corrected chi connectivity index (χ3v) is 2.41. The van der Waals surface area contributed by atoms with Crippen molar-refractivity contribution in [2.75, 3.05) is 13.2 Å². The Kier molecular flexibility index (Phi) is 3.37. The van der Waals surface area contributed by atoms with Crippen LogP contribution < -0.4 is 5.32 Å². The van der Waals surface area contributed by atoms with Gasteiger partial charge in [0.05, 0.1) is 0 Å².